The molecule has 0 aromatic carbocycles. The molecule has 0 aliphatic rings. The number of halogens is 4. The summed E-state index contributed by atoms with van der Waals surface area (Å²) in [6.45, 7) is 10.8. The van der Waals surface area contributed by atoms with Gasteiger partial charge in [0.15, 0.2) is 6.07 Å². The van der Waals surface area contributed by atoms with Gasteiger partial charge in [0.1, 0.15) is 6.54 Å². The van der Waals surface area contributed by atoms with Crippen molar-refractivity contribution in [1.29, 1.82) is 5.26 Å². The largest absolute Gasteiger partial charge is 0.389 e. The zero-order valence-corrected chi connectivity index (χ0v) is 13.2. The molecule has 0 saturated heterocycles. The Hall–Kier alpha value is -1.54. The minimum atomic E-state index is -4.39. The number of nitriles is 1. The standard InChI is InChI=1S/C13H14BrF3N4/c1-9(2)11-10(14)6-21(20-11)8-12(7-18,19-3)4-5-13(15,16)17/h6,9H,4-5,8H2,1-2H3. The van der Waals surface area contributed by atoms with Crippen LogP contribution in [0.25, 0.3) is 4.85 Å². The third kappa shape index (κ3) is 4.75. The number of alkyl halides is 3. The van der Waals surface area contributed by atoms with Crippen molar-refractivity contribution in [1.82, 2.24) is 9.78 Å². The molecule has 0 aliphatic carbocycles. The second-order valence-corrected chi connectivity index (χ2v) is 5.94. The first-order valence-electron chi connectivity index (χ1n) is 6.22. The molecule has 1 rings (SSSR count). The molecule has 1 atom stereocenters. The molecule has 21 heavy (non-hydrogen) atoms. The highest BCUT2D eigenvalue weighted by atomic mass is 79.9. The summed E-state index contributed by atoms with van der Waals surface area (Å²) in [5.41, 5.74) is -1.02. The minimum Gasteiger partial charge on any atom is -0.292 e. The molecule has 8 heteroatoms. The topological polar surface area (TPSA) is 46.0 Å². The van der Waals surface area contributed by atoms with E-state index in [4.69, 9.17) is 11.8 Å². The van der Waals surface area contributed by atoms with Crippen molar-refractivity contribution in [2.24, 2.45) is 0 Å². The van der Waals surface area contributed by atoms with Gasteiger partial charge in [0.25, 0.3) is 0 Å². The molecule has 0 aliphatic heterocycles. The van der Waals surface area contributed by atoms with E-state index in [-0.39, 0.29) is 12.5 Å². The molecule has 0 saturated carbocycles. The van der Waals surface area contributed by atoms with Gasteiger partial charge in [-0.1, -0.05) is 13.8 Å². The molecular formula is C13H14BrF3N4. The van der Waals surface area contributed by atoms with Gasteiger partial charge in [-0.05, 0) is 21.8 Å². The lowest BCUT2D eigenvalue weighted by atomic mass is 9.96. The Bertz CT molecular complexity index is 564. The van der Waals surface area contributed by atoms with E-state index in [0.29, 0.717) is 4.47 Å². The predicted octanol–water partition coefficient (Wildman–Crippen LogP) is 4.29. The quantitative estimate of drug-likeness (QED) is 0.733. The summed E-state index contributed by atoms with van der Waals surface area (Å²) in [5.74, 6) is 0.125. The van der Waals surface area contributed by atoms with Crippen LogP contribution in [0.15, 0.2) is 10.7 Å². The zero-order chi connectivity index (χ0) is 16.3. The Balaban J connectivity index is 2.96. The predicted molar refractivity (Wildman–Crippen MR) is 74.3 cm³/mol. The van der Waals surface area contributed by atoms with E-state index in [9.17, 15) is 13.2 Å². The van der Waals surface area contributed by atoms with Crippen molar-refractivity contribution in [2.75, 3.05) is 0 Å². The van der Waals surface area contributed by atoms with Crippen LogP contribution in [0, 0.1) is 17.9 Å². The molecular weight excluding hydrogens is 349 g/mol. The first kappa shape index (κ1) is 17.5. The summed E-state index contributed by atoms with van der Waals surface area (Å²) >= 11 is 3.32. The highest BCUT2D eigenvalue weighted by Gasteiger charge is 2.42. The van der Waals surface area contributed by atoms with Gasteiger partial charge in [0.2, 0.25) is 0 Å². The van der Waals surface area contributed by atoms with Gasteiger partial charge in [-0.3, -0.25) is 9.53 Å². The number of rotatable bonds is 5. The third-order valence-corrected chi connectivity index (χ3v) is 3.57. The van der Waals surface area contributed by atoms with Gasteiger partial charge >= 0.3 is 11.7 Å². The average molecular weight is 363 g/mol. The van der Waals surface area contributed by atoms with Crippen LogP contribution in [0.2, 0.25) is 0 Å². The maximum absolute atomic E-state index is 12.3. The third-order valence-electron chi connectivity index (χ3n) is 2.96. The van der Waals surface area contributed by atoms with Crippen LogP contribution in [-0.4, -0.2) is 21.5 Å². The molecule has 1 aromatic heterocycles. The summed E-state index contributed by atoms with van der Waals surface area (Å²) < 4.78 is 39.1. The number of hydrogen-bond donors (Lipinski definition) is 0. The Kier molecular flexibility index (Phi) is 5.41. The lowest BCUT2D eigenvalue weighted by Crippen LogP contribution is -2.31. The minimum absolute atomic E-state index is 0.125. The molecule has 1 aromatic rings. The van der Waals surface area contributed by atoms with Gasteiger partial charge in [0.05, 0.1) is 23.0 Å². The van der Waals surface area contributed by atoms with E-state index < -0.39 is 24.6 Å². The first-order valence-corrected chi connectivity index (χ1v) is 7.01. The fraction of sp³-hybridized carbons (Fsp3) is 0.615. The maximum Gasteiger partial charge on any atom is 0.389 e. The van der Waals surface area contributed by atoms with Crippen molar-refractivity contribution in [3.63, 3.8) is 0 Å². The van der Waals surface area contributed by atoms with Crippen LogP contribution >= 0.6 is 15.9 Å². The SMILES string of the molecule is [C-]#[N+]C(C#N)(CCC(F)(F)F)Cn1cc(Br)c(C(C)C)n1. The van der Waals surface area contributed by atoms with Crippen molar-refractivity contribution in [3.8, 4) is 6.07 Å². The van der Waals surface area contributed by atoms with Crippen LogP contribution in [0.4, 0.5) is 13.2 Å². The van der Waals surface area contributed by atoms with E-state index in [0.717, 1.165) is 5.69 Å². The van der Waals surface area contributed by atoms with Crippen LogP contribution in [0.5, 0.6) is 0 Å². The molecule has 0 fully saturated rings. The molecule has 0 spiro atoms. The highest BCUT2D eigenvalue weighted by molar-refractivity contribution is 9.10. The van der Waals surface area contributed by atoms with Gasteiger partial charge in [0, 0.05) is 6.20 Å². The average Bonchev–Trinajstić information content (AvgIpc) is 2.74. The van der Waals surface area contributed by atoms with Crippen LogP contribution in [0.3, 0.4) is 0 Å². The van der Waals surface area contributed by atoms with Gasteiger partial charge in [-0.25, -0.2) is 6.57 Å². The first-order chi connectivity index (χ1) is 9.62. The monoisotopic (exact) mass is 362 g/mol. The maximum atomic E-state index is 12.3. The molecule has 114 valence electrons. The van der Waals surface area contributed by atoms with E-state index in [1.54, 1.807) is 12.3 Å². The molecule has 1 unspecified atom stereocenters. The van der Waals surface area contributed by atoms with Crippen molar-refractivity contribution in [3.05, 3.63) is 27.8 Å². The van der Waals surface area contributed by atoms with E-state index in [2.05, 4.69) is 25.9 Å². The Morgan fingerprint density at radius 2 is 2.10 bits per heavy atom. The molecule has 0 amide bonds. The zero-order valence-electron chi connectivity index (χ0n) is 11.6. The molecule has 0 radical (unpaired) electrons. The number of hydrogen-bond acceptors (Lipinski definition) is 2. The van der Waals surface area contributed by atoms with E-state index in [1.807, 2.05) is 13.8 Å². The summed E-state index contributed by atoms with van der Waals surface area (Å²) in [6, 6.07) is 1.71. The fourth-order valence-electron chi connectivity index (χ4n) is 1.79. The second-order valence-electron chi connectivity index (χ2n) is 5.08. The fourth-order valence-corrected chi connectivity index (χ4v) is 2.56. The van der Waals surface area contributed by atoms with Gasteiger partial charge in [-0.15, -0.1) is 0 Å². The second kappa shape index (κ2) is 6.48. The molecule has 4 nitrogen and oxygen atoms in total. The molecule has 0 N–H and O–H groups in total. The summed E-state index contributed by atoms with van der Waals surface area (Å²) in [4.78, 5) is 3.13. The van der Waals surface area contributed by atoms with E-state index in [1.165, 1.54) is 4.68 Å². The normalized spacial score (nSPS) is 14.5. The molecule has 1 heterocycles. The lowest BCUT2D eigenvalue weighted by molar-refractivity contribution is -0.137. The summed E-state index contributed by atoms with van der Waals surface area (Å²) in [6.07, 6.45) is -4.53. The highest BCUT2D eigenvalue weighted by Crippen LogP contribution is 2.30. The van der Waals surface area contributed by atoms with Crippen molar-refractivity contribution >= 4 is 15.9 Å². The van der Waals surface area contributed by atoms with Gasteiger partial charge in [-0.2, -0.15) is 23.5 Å². The Morgan fingerprint density at radius 1 is 1.48 bits per heavy atom. The van der Waals surface area contributed by atoms with Crippen molar-refractivity contribution < 1.29 is 13.2 Å². The molecule has 0 bridgehead atoms. The van der Waals surface area contributed by atoms with Gasteiger partial charge < -0.3 is 0 Å². The lowest BCUT2D eigenvalue weighted by Gasteiger charge is -2.15. The van der Waals surface area contributed by atoms with Crippen LogP contribution in [0.1, 0.15) is 38.3 Å². The van der Waals surface area contributed by atoms with E-state index >= 15 is 0 Å². The summed E-state index contributed by atoms with van der Waals surface area (Å²) in [7, 11) is 0. The number of aromatic nitrogens is 2. The van der Waals surface area contributed by atoms with Crippen LogP contribution in [-0.2, 0) is 6.54 Å². The summed E-state index contributed by atoms with van der Waals surface area (Å²) in [5, 5.41) is 13.4. The Labute approximate surface area is 129 Å². The number of nitrogens with zero attached hydrogens (tertiary/aromatic N) is 4. The van der Waals surface area contributed by atoms with Crippen molar-refractivity contribution in [2.45, 2.75) is 50.9 Å². The van der Waals surface area contributed by atoms with Crippen LogP contribution < -0.4 is 0 Å². The smallest absolute Gasteiger partial charge is 0.292 e. The Morgan fingerprint density at radius 3 is 2.48 bits per heavy atom.